The number of hydrogen-bond donors (Lipinski definition) is 2. The fourth-order valence-electron chi connectivity index (χ4n) is 2.70. The minimum atomic E-state index is 0.642. The number of guanidine groups is 1. The quantitative estimate of drug-likeness (QED) is 0.414. The van der Waals surface area contributed by atoms with Gasteiger partial charge in [0.1, 0.15) is 5.82 Å². The first-order valence-electron chi connectivity index (χ1n) is 9.12. The third-order valence-electron chi connectivity index (χ3n) is 4.22. The van der Waals surface area contributed by atoms with Crippen LogP contribution in [0.25, 0.3) is 0 Å². The fourth-order valence-corrected chi connectivity index (χ4v) is 2.70. The average Bonchev–Trinajstić information content (AvgIpc) is 2.64. The van der Waals surface area contributed by atoms with Crippen LogP contribution in [0.1, 0.15) is 18.9 Å². The van der Waals surface area contributed by atoms with E-state index in [9.17, 15) is 0 Å². The van der Waals surface area contributed by atoms with E-state index in [0.717, 1.165) is 64.1 Å². The second-order valence-corrected chi connectivity index (χ2v) is 6.28. The number of hydrogen-bond acceptors (Lipinski definition) is 5. The summed E-state index contributed by atoms with van der Waals surface area (Å²) in [5, 5.41) is 6.62. The van der Waals surface area contributed by atoms with E-state index in [2.05, 4.69) is 50.4 Å². The largest absolute Gasteiger partial charge is 0.385 e. The molecule has 1 aromatic rings. The Morgan fingerprint density at radius 1 is 1.28 bits per heavy atom. The van der Waals surface area contributed by atoms with Crippen LogP contribution in [0.3, 0.4) is 0 Å². The zero-order valence-corrected chi connectivity index (χ0v) is 15.8. The molecule has 2 heterocycles. The van der Waals surface area contributed by atoms with E-state index >= 15 is 0 Å². The lowest BCUT2D eigenvalue weighted by Gasteiger charge is -2.33. The fraction of sp³-hybridized carbons (Fsp3) is 0.667. The van der Waals surface area contributed by atoms with Gasteiger partial charge >= 0.3 is 0 Å². The molecule has 0 unspecified atom stereocenters. The van der Waals surface area contributed by atoms with Crippen molar-refractivity contribution in [1.29, 1.82) is 0 Å². The van der Waals surface area contributed by atoms with Crippen LogP contribution >= 0.6 is 0 Å². The van der Waals surface area contributed by atoms with E-state index in [1.807, 2.05) is 12.3 Å². The van der Waals surface area contributed by atoms with Gasteiger partial charge in [0, 0.05) is 59.2 Å². The molecule has 1 saturated heterocycles. The predicted molar refractivity (Wildman–Crippen MR) is 103 cm³/mol. The number of piperazine rings is 1. The molecule has 1 aromatic heterocycles. The van der Waals surface area contributed by atoms with Gasteiger partial charge in [-0.25, -0.2) is 9.98 Å². The molecule has 0 atom stereocenters. The zero-order valence-electron chi connectivity index (χ0n) is 15.8. The van der Waals surface area contributed by atoms with Crippen molar-refractivity contribution in [3.05, 3.63) is 23.9 Å². The molecule has 25 heavy (non-hydrogen) atoms. The highest BCUT2D eigenvalue weighted by atomic mass is 16.5. The summed E-state index contributed by atoms with van der Waals surface area (Å²) in [6.45, 7) is 9.39. The molecule has 0 aromatic carbocycles. The monoisotopic (exact) mass is 348 g/mol. The summed E-state index contributed by atoms with van der Waals surface area (Å²) in [6.07, 6.45) is 2.85. The lowest BCUT2D eigenvalue weighted by atomic mass is 10.2. The maximum atomic E-state index is 5.08. The van der Waals surface area contributed by atoms with Crippen LogP contribution in [0, 0.1) is 0 Å². The van der Waals surface area contributed by atoms with Crippen LogP contribution in [0.2, 0.25) is 0 Å². The van der Waals surface area contributed by atoms with Gasteiger partial charge in [-0.3, -0.25) is 0 Å². The Balaban J connectivity index is 1.92. The number of nitrogens with zero attached hydrogens (tertiary/aromatic N) is 4. The van der Waals surface area contributed by atoms with Crippen molar-refractivity contribution in [1.82, 2.24) is 20.5 Å². The van der Waals surface area contributed by atoms with Crippen molar-refractivity contribution in [3.8, 4) is 0 Å². The molecule has 140 valence electrons. The summed E-state index contributed by atoms with van der Waals surface area (Å²) in [5.74, 6) is 1.90. The molecule has 0 amide bonds. The number of aliphatic imine (C=N–C) groups is 1. The third kappa shape index (κ3) is 6.88. The molecule has 7 heteroatoms. The first kappa shape index (κ1) is 19.5. The van der Waals surface area contributed by atoms with Gasteiger partial charge in [0.2, 0.25) is 0 Å². The maximum absolute atomic E-state index is 5.08. The van der Waals surface area contributed by atoms with Gasteiger partial charge in [-0.15, -0.1) is 0 Å². The van der Waals surface area contributed by atoms with Gasteiger partial charge < -0.3 is 25.2 Å². The third-order valence-corrected chi connectivity index (χ3v) is 4.22. The lowest BCUT2D eigenvalue weighted by molar-refractivity contribution is 0.195. The van der Waals surface area contributed by atoms with E-state index in [0.29, 0.717) is 6.54 Å². The van der Waals surface area contributed by atoms with E-state index in [1.165, 1.54) is 5.56 Å². The average molecular weight is 348 g/mol. The van der Waals surface area contributed by atoms with Crippen molar-refractivity contribution in [2.45, 2.75) is 19.9 Å². The minimum Gasteiger partial charge on any atom is -0.385 e. The number of methoxy groups -OCH3 is 1. The van der Waals surface area contributed by atoms with Crippen molar-refractivity contribution in [3.63, 3.8) is 0 Å². The SMILES string of the molecule is CCNC(=NCc1ccnc(N2CCN(C)CC2)c1)NCCCOC. The highest BCUT2D eigenvalue weighted by molar-refractivity contribution is 5.79. The number of ether oxygens (including phenoxy) is 1. The normalized spacial score (nSPS) is 16.1. The summed E-state index contributed by atoms with van der Waals surface area (Å²) in [6, 6.07) is 4.20. The predicted octanol–water partition coefficient (Wildman–Crippen LogP) is 0.925. The highest BCUT2D eigenvalue weighted by Gasteiger charge is 2.15. The Morgan fingerprint density at radius 3 is 2.80 bits per heavy atom. The molecule has 1 aliphatic rings. The summed E-state index contributed by atoms with van der Waals surface area (Å²) in [4.78, 5) is 13.9. The van der Waals surface area contributed by atoms with Gasteiger partial charge in [0.25, 0.3) is 0 Å². The molecule has 0 radical (unpaired) electrons. The van der Waals surface area contributed by atoms with Crippen molar-refractivity contribution in [2.24, 2.45) is 4.99 Å². The van der Waals surface area contributed by atoms with E-state index in [4.69, 9.17) is 4.74 Å². The second-order valence-electron chi connectivity index (χ2n) is 6.28. The summed E-state index contributed by atoms with van der Waals surface area (Å²) in [5.41, 5.74) is 1.18. The molecule has 7 nitrogen and oxygen atoms in total. The summed E-state index contributed by atoms with van der Waals surface area (Å²) in [7, 11) is 3.89. The van der Waals surface area contributed by atoms with Crippen LogP contribution in [0.4, 0.5) is 5.82 Å². The lowest BCUT2D eigenvalue weighted by Crippen LogP contribution is -2.44. The number of likely N-dealkylation sites (N-methyl/N-ethyl adjacent to an activating group) is 1. The molecule has 1 aliphatic heterocycles. The second kappa shape index (κ2) is 10.9. The molecule has 2 rings (SSSR count). The number of aromatic nitrogens is 1. The standard InChI is InChI=1S/C18H32N6O/c1-4-19-18(21-7-5-13-25-3)22-15-16-6-8-20-17(14-16)24-11-9-23(2)10-12-24/h6,8,14H,4-5,7,9-13,15H2,1-3H3,(H2,19,21,22). The number of rotatable bonds is 8. The van der Waals surface area contributed by atoms with Crippen molar-refractivity contribution >= 4 is 11.8 Å². The Hall–Kier alpha value is -1.86. The van der Waals surface area contributed by atoms with Crippen molar-refractivity contribution < 1.29 is 4.74 Å². The molecule has 2 N–H and O–H groups in total. The van der Waals surface area contributed by atoms with Gasteiger partial charge in [0.15, 0.2) is 5.96 Å². The topological polar surface area (TPSA) is 65.0 Å². The molecule has 0 aliphatic carbocycles. The van der Waals surface area contributed by atoms with Gasteiger partial charge in [-0.05, 0) is 38.1 Å². The van der Waals surface area contributed by atoms with Gasteiger partial charge in [-0.2, -0.15) is 0 Å². The summed E-state index contributed by atoms with van der Waals surface area (Å²) < 4.78 is 5.08. The molecular formula is C18H32N6O. The van der Waals surface area contributed by atoms with Crippen LogP contribution in [-0.4, -0.2) is 75.9 Å². The minimum absolute atomic E-state index is 0.642. The Labute approximate surface area is 151 Å². The van der Waals surface area contributed by atoms with Crippen molar-refractivity contribution in [2.75, 3.05) is 64.9 Å². The molecule has 0 spiro atoms. The van der Waals surface area contributed by atoms with Crippen LogP contribution in [0.5, 0.6) is 0 Å². The highest BCUT2D eigenvalue weighted by Crippen LogP contribution is 2.15. The first-order chi connectivity index (χ1) is 12.2. The maximum Gasteiger partial charge on any atom is 0.191 e. The summed E-state index contributed by atoms with van der Waals surface area (Å²) >= 11 is 0. The Bertz CT molecular complexity index is 528. The Kier molecular flexibility index (Phi) is 8.48. The van der Waals surface area contributed by atoms with Crippen LogP contribution < -0.4 is 15.5 Å². The zero-order chi connectivity index (χ0) is 17.9. The molecule has 1 fully saturated rings. The molecule has 0 saturated carbocycles. The van der Waals surface area contributed by atoms with Crippen LogP contribution in [-0.2, 0) is 11.3 Å². The van der Waals surface area contributed by atoms with Crippen LogP contribution in [0.15, 0.2) is 23.3 Å². The smallest absolute Gasteiger partial charge is 0.191 e. The Morgan fingerprint density at radius 2 is 2.08 bits per heavy atom. The van der Waals surface area contributed by atoms with E-state index in [-0.39, 0.29) is 0 Å². The number of pyridine rings is 1. The molecule has 0 bridgehead atoms. The first-order valence-corrected chi connectivity index (χ1v) is 9.12. The van der Waals surface area contributed by atoms with E-state index < -0.39 is 0 Å². The van der Waals surface area contributed by atoms with Gasteiger partial charge in [-0.1, -0.05) is 0 Å². The number of nitrogens with one attached hydrogen (secondary N) is 2. The van der Waals surface area contributed by atoms with E-state index in [1.54, 1.807) is 7.11 Å². The molecular weight excluding hydrogens is 316 g/mol. The number of anilines is 1. The van der Waals surface area contributed by atoms with Gasteiger partial charge in [0.05, 0.1) is 6.54 Å².